The molecule has 6 heteroatoms. The zero-order chi connectivity index (χ0) is 19.1. The Morgan fingerprint density at radius 3 is 2.70 bits per heavy atom. The molecule has 0 aliphatic carbocycles. The summed E-state index contributed by atoms with van der Waals surface area (Å²) < 4.78 is 5.51. The number of hydrogen-bond acceptors (Lipinski definition) is 4. The first-order chi connectivity index (χ1) is 13.2. The van der Waals surface area contributed by atoms with Crippen LogP contribution in [0.25, 0.3) is 0 Å². The maximum absolute atomic E-state index is 5.51. The third-order valence-electron chi connectivity index (χ3n) is 5.86. The molecule has 1 aromatic rings. The number of nitrogens with one attached hydrogen (secondary N) is 2. The highest BCUT2D eigenvalue weighted by Crippen LogP contribution is 2.30. The number of hydrogen-bond donors (Lipinski definition) is 2. The number of para-hydroxylation sites is 2. The van der Waals surface area contributed by atoms with Crippen LogP contribution in [0.15, 0.2) is 29.3 Å². The first-order valence-corrected chi connectivity index (χ1v) is 10.2. The van der Waals surface area contributed by atoms with Crippen molar-refractivity contribution in [1.82, 2.24) is 15.5 Å². The molecule has 3 rings (SSSR count). The van der Waals surface area contributed by atoms with E-state index < -0.39 is 0 Å². The average Bonchev–Trinajstić information content (AvgIpc) is 3.17. The van der Waals surface area contributed by atoms with Crippen LogP contribution >= 0.6 is 0 Å². The number of rotatable bonds is 6. The summed E-state index contributed by atoms with van der Waals surface area (Å²) in [6, 6.07) is 8.66. The molecule has 2 saturated heterocycles. The molecular formula is C21H35N5O. The number of benzene rings is 1. The molecule has 2 aliphatic rings. The van der Waals surface area contributed by atoms with E-state index in [9.17, 15) is 0 Å². The number of guanidine groups is 1. The lowest BCUT2D eigenvalue weighted by Crippen LogP contribution is -2.45. The minimum Gasteiger partial charge on any atom is -0.495 e. The van der Waals surface area contributed by atoms with Crippen molar-refractivity contribution in [3.05, 3.63) is 24.3 Å². The summed E-state index contributed by atoms with van der Waals surface area (Å²) in [5.74, 6) is 2.72. The lowest BCUT2D eigenvalue weighted by molar-refractivity contribution is 0.213. The van der Waals surface area contributed by atoms with Gasteiger partial charge in [0.1, 0.15) is 5.75 Å². The SMILES string of the molecule is CN=C(NCCC1CCN(C)CC1)NC1CCN(c2ccccc2OC)C1. The minimum absolute atomic E-state index is 0.407. The third-order valence-corrected chi connectivity index (χ3v) is 5.86. The van der Waals surface area contributed by atoms with Crippen molar-refractivity contribution >= 4 is 11.6 Å². The van der Waals surface area contributed by atoms with E-state index in [1.54, 1.807) is 7.11 Å². The monoisotopic (exact) mass is 373 g/mol. The molecule has 2 aliphatic heterocycles. The van der Waals surface area contributed by atoms with Crippen LogP contribution < -0.4 is 20.3 Å². The first-order valence-electron chi connectivity index (χ1n) is 10.2. The fourth-order valence-corrected chi connectivity index (χ4v) is 4.12. The van der Waals surface area contributed by atoms with E-state index in [0.717, 1.165) is 43.7 Å². The van der Waals surface area contributed by atoms with Gasteiger partial charge in [0.25, 0.3) is 0 Å². The number of ether oxygens (including phenoxy) is 1. The maximum Gasteiger partial charge on any atom is 0.191 e. The summed E-state index contributed by atoms with van der Waals surface area (Å²) in [5, 5.41) is 7.11. The minimum atomic E-state index is 0.407. The van der Waals surface area contributed by atoms with E-state index >= 15 is 0 Å². The lowest BCUT2D eigenvalue weighted by Gasteiger charge is -2.29. The van der Waals surface area contributed by atoms with Gasteiger partial charge in [0, 0.05) is 32.7 Å². The van der Waals surface area contributed by atoms with Gasteiger partial charge in [-0.1, -0.05) is 12.1 Å². The van der Waals surface area contributed by atoms with Gasteiger partial charge in [0.15, 0.2) is 5.96 Å². The van der Waals surface area contributed by atoms with Gasteiger partial charge < -0.3 is 25.2 Å². The molecule has 27 heavy (non-hydrogen) atoms. The second kappa shape index (κ2) is 9.83. The molecule has 0 radical (unpaired) electrons. The summed E-state index contributed by atoms with van der Waals surface area (Å²) in [6.45, 7) is 5.47. The topological polar surface area (TPSA) is 52.1 Å². The summed E-state index contributed by atoms with van der Waals surface area (Å²) in [5.41, 5.74) is 1.18. The zero-order valence-corrected chi connectivity index (χ0v) is 17.1. The van der Waals surface area contributed by atoms with Gasteiger partial charge in [-0.25, -0.2) is 0 Å². The highest BCUT2D eigenvalue weighted by molar-refractivity contribution is 5.80. The Bertz CT molecular complexity index is 612. The first kappa shape index (κ1) is 19.8. The van der Waals surface area contributed by atoms with Crippen molar-refractivity contribution < 1.29 is 4.74 Å². The number of likely N-dealkylation sites (tertiary alicyclic amines) is 1. The molecular weight excluding hydrogens is 338 g/mol. The highest BCUT2D eigenvalue weighted by Gasteiger charge is 2.25. The van der Waals surface area contributed by atoms with Crippen LogP contribution in [0.2, 0.25) is 0 Å². The highest BCUT2D eigenvalue weighted by atomic mass is 16.5. The van der Waals surface area contributed by atoms with E-state index in [-0.39, 0.29) is 0 Å². The van der Waals surface area contributed by atoms with Crippen molar-refractivity contribution in [2.45, 2.75) is 31.7 Å². The summed E-state index contributed by atoms with van der Waals surface area (Å²) in [7, 11) is 5.81. The summed E-state index contributed by atoms with van der Waals surface area (Å²) >= 11 is 0. The van der Waals surface area contributed by atoms with Crippen molar-refractivity contribution in [3.8, 4) is 5.75 Å². The number of anilines is 1. The number of aliphatic imine (C=N–C) groups is 1. The van der Waals surface area contributed by atoms with E-state index in [2.05, 4.69) is 44.6 Å². The molecule has 0 saturated carbocycles. The largest absolute Gasteiger partial charge is 0.495 e. The van der Waals surface area contributed by atoms with Crippen molar-refractivity contribution in [3.63, 3.8) is 0 Å². The third kappa shape index (κ3) is 5.51. The Morgan fingerprint density at radius 1 is 1.19 bits per heavy atom. The fourth-order valence-electron chi connectivity index (χ4n) is 4.12. The fraction of sp³-hybridized carbons (Fsp3) is 0.667. The van der Waals surface area contributed by atoms with Crippen LogP contribution in [0.3, 0.4) is 0 Å². The molecule has 1 atom stereocenters. The normalized spacial score (nSPS) is 22.1. The Balaban J connectivity index is 1.42. The van der Waals surface area contributed by atoms with Crippen molar-refractivity contribution in [1.29, 1.82) is 0 Å². The second-order valence-corrected chi connectivity index (χ2v) is 7.78. The summed E-state index contributed by atoms with van der Waals surface area (Å²) in [4.78, 5) is 9.24. The molecule has 0 amide bonds. The molecule has 2 heterocycles. The van der Waals surface area contributed by atoms with Crippen LogP contribution in [-0.4, -0.2) is 70.8 Å². The van der Waals surface area contributed by atoms with E-state index in [1.165, 1.54) is 38.0 Å². The number of piperidine rings is 1. The van der Waals surface area contributed by atoms with Gasteiger partial charge in [0.05, 0.1) is 12.8 Å². The Kier molecular flexibility index (Phi) is 7.21. The van der Waals surface area contributed by atoms with Crippen LogP contribution in [0, 0.1) is 5.92 Å². The van der Waals surface area contributed by atoms with E-state index in [0.29, 0.717) is 6.04 Å². The summed E-state index contributed by atoms with van der Waals surface area (Å²) in [6.07, 6.45) is 4.97. The van der Waals surface area contributed by atoms with Crippen molar-refractivity contribution in [2.24, 2.45) is 10.9 Å². The quantitative estimate of drug-likeness (QED) is 0.591. The molecule has 1 unspecified atom stereocenters. The van der Waals surface area contributed by atoms with Gasteiger partial charge >= 0.3 is 0 Å². The van der Waals surface area contributed by atoms with Gasteiger partial charge in [-0.15, -0.1) is 0 Å². The van der Waals surface area contributed by atoms with Gasteiger partial charge in [-0.05, 0) is 63.9 Å². The number of methoxy groups -OCH3 is 1. The Hall–Kier alpha value is -1.95. The predicted molar refractivity (Wildman–Crippen MR) is 113 cm³/mol. The predicted octanol–water partition coefficient (Wildman–Crippen LogP) is 2.17. The maximum atomic E-state index is 5.51. The second-order valence-electron chi connectivity index (χ2n) is 7.78. The van der Waals surface area contributed by atoms with Crippen LogP contribution in [0.5, 0.6) is 5.75 Å². The standard InChI is InChI=1S/C21H35N5O/c1-22-21(23-12-8-17-9-13-25(2)14-10-17)24-18-11-15-26(16-18)19-6-4-5-7-20(19)27-3/h4-7,17-18H,8-16H2,1-3H3,(H2,22,23,24). The molecule has 6 nitrogen and oxygen atoms in total. The van der Waals surface area contributed by atoms with Crippen LogP contribution in [-0.2, 0) is 0 Å². The molecule has 0 spiro atoms. The lowest BCUT2D eigenvalue weighted by atomic mass is 9.94. The van der Waals surface area contributed by atoms with E-state index in [4.69, 9.17) is 4.74 Å². The van der Waals surface area contributed by atoms with Crippen LogP contribution in [0.4, 0.5) is 5.69 Å². The molecule has 0 aromatic heterocycles. The smallest absolute Gasteiger partial charge is 0.191 e. The van der Waals surface area contributed by atoms with Gasteiger partial charge in [-0.3, -0.25) is 4.99 Å². The van der Waals surface area contributed by atoms with Crippen LogP contribution in [0.1, 0.15) is 25.7 Å². The molecule has 2 fully saturated rings. The molecule has 2 N–H and O–H groups in total. The van der Waals surface area contributed by atoms with Gasteiger partial charge in [0.2, 0.25) is 0 Å². The van der Waals surface area contributed by atoms with E-state index in [1.807, 2.05) is 19.2 Å². The zero-order valence-electron chi connectivity index (χ0n) is 17.1. The van der Waals surface area contributed by atoms with Gasteiger partial charge in [-0.2, -0.15) is 0 Å². The Labute approximate surface area is 164 Å². The molecule has 1 aromatic carbocycles. The molecule has 150 valence electrons. The Morgan fingerprint density at radius 2 is 1.96 bits per heavy atom. The van der Waals surface area contributed by atoms with Crippen molar-refractivity contribution in [2.75, 3.05) is 58.8 Å². The average molecular weight is 374 g/mol. The number of nitrogens with zero attached hydrogens (tertiary/aromatic N) is 3. The molecule has 0 bridgehead atoms.